The predicted octanol–water partition coefficient (Wildman–Crippen LogP) is -1.50. The highest BCUT2D eigenvalue weighted by atomic mass is 16.4. The molecule has 0 saturated carbocycles. The molecule has 3 rings (SSSR count). The van der Waals surface area contributed by atoms with Gasteiger partial charge in [0.15, 0.2) is 5.82 Å². The Bertz CT molecular complexity index is 1040. The van der Waals surface area contributed by atoms with Crippen molar-refractivity contribution in [3.63, 3.8) is 0 Å². The SMILES string of the molecule is CC(C)[C@H](N)C(=O)N[C@@H](CCC(=O)O)C(=O)N1c2ncccc2C[C@H]1C(=O)NCc1nn[nH]n1. The number of H-pyrrole nitrogens is 1. The number of carboxylic acid groups (broad SMARTS) is 1. The number of anilines is 1. The lowest BCUT2D eigenvalue weighted by atomic mass is 10.0. The maximum Gasteiger partial charge on any atom is 0.303 e. The van der Waals surface area contributed by atoms with Crippen LogP contribution in [-0.2, 0) is 32.1 Å². The van der Waals surface area contributed by atoms with Gasteiger partial charge in [0.1, 0.15) is 17.9 Å². The highest BCUT2D eigenvalue weighted by Crippen LogP contribution is 2.31. The van der Waals surface area contributed by atoms with E-state index in [1.165, 1.54) is 11.1 Å². The van der Waals surface area contributed by atoms with Gasteiger partial charge in [-0.3, -0.25) is 24.1 Å². The van der Waals surface area contributed by atoms with Crippen LogP contribution >= 0.6 is 0 Å². The van der Waals surface area contributed by atoms with Gasteiger partial charge in [-0.25, -0.2) is 4.98 Å². The zero-order valence-electron chi connectivity index (χ0n) is 18.8. The van der Waals surface area contributed by atoms with Gasteiger partial charge in [-0.05, 0) is 24.0 Å². The summed E-state index contributed by atoms with van der Waals surface area (Å²) in [6.45, 7) is 3.49. The molecule has 3 atom stereocenters. The molecular weight excluding hydrogens is 446 g/mol. The molecule has 0 fully saturated rings. The zero-order chi connectivity index (χ0) is 24.8. The first kappa shape index (κ1) is 24.7. The molecule has 6 N–H and O–H groups in total. The first-order valence-electron chi connectivity index (χ1n) is 10.7. The van der Waals surface area contributed by atoms with Crippen molar-refractivity contribution < 1.29 is 24.3 Å². The quantitative estimate of drug-likeness (QED) is 0.270. The Morgan fingerprint density at radius 2 is 2.09 bits per heavy atom. The van der Waals surface area contributed by atoms with Crippen LogP contribution in [0.25, 0.3) is 0 Å². The monoisotopic (exact) mass is 473 g/mol. The minimum Gasteiger partial charge on any atom is -0.481 e. The van der Waals surface area contributed by atoms with Crippen LogP contribution in [0.3, 0.4) is 0 Å². The van der Waals surface area contributed by atoms with Crippen molar-refractivity contribution in [3.05, 3.63) is 29.7 Å². The van der Waals surface area contributed by atoms with E-state index in [0.29, 0.717) is 5.56 Å². The van der Waals surface area contributed by atoms with E-state index in [1.54, 1.807) is 26.0 Å². The van der Waals surface area contributed by atoms with Crippen LogP contribution in [0.2, 0.25) is 0 Å². The number of aliphatic carboxylic acids is 1. The van der Waals surface area contributed by atoms with Crippen LogP contribution in [0, 0.1) is 5.92 Å². The number of aromatic amines is 1. The van der Waals surface area contributed by atoms with Crippen LogP contribution in [0.4, 0.5) is 5.82 Å². The maximum absolute atomic E-state index is 13.6. The molecular formula is C20H27N9O5. The van der Waals surface area contributed by atoms with Crippen molar-refractivity contribution >= 4 is 29.5 Å². The van der Waals surface area contributed by atoms with Gasteiger partial charge in [0.05, 0.1) is 12.6 Å². The Hall–Kier alpha value is -3.94. The van der Waals surface area contributed by atoms with Gasteiger partial charge in [0, 0.05) is 19.0 Å². The number of hydrogen-bond acceptors (Lipinski definition) is 9. The molecule has 3 heterocycles. The molecule has 1 aliphatic heterocycles. The van der Waals surface area contributed by atoms with Gasteiger partial charge in [-0.15, -0.1) is 10.2 Å². The van der Waals surface area contributed by atoms with Crippen molar-refractivity contribution in [2.75, 3.05) is 4.90 Å². The molecule has 3 amide bonds. The summed E-state index contributed by atoms with van der Waals surface area (Å²) in [5, 5.41) is 27.6. The third-order valence-electron chi connectivity index (χ3n) is 5.45. The van der Waals surface area contributed by atoms with Crippen LogP contribution in [0.1, 0.15) is 38.1 Å². The first-order valence-corrected chi connectivity index (χ1v) is 10.7. The second-order valence-corrected chi connectivity index (χ2v) is 8.22. The van der Waals surface area contributed by atoms with Gasteiger partial charge in [0.2, 0.25) is 11.8 Å². The van der Waals surface area contributed by atoms with Gasteiger partial charge < -0.3 is 21.5 Å². The molecule has 14 heteroatoms. The van der Waals surface area contributed by atoms with Gasteiger partial charge >= 0.3 is 5.97 Å². The zero-order valence-corrected chi connectivity index (χ0v) is 18.8. The number of carbonyl (C=O) groups excluding carboxylic acids is 3. The topological polar surface area (TPSA) is 209 Å². The molecule has 0 saturated heterocycles. The van der Waals surface area contributed by atoms with E-state index in [1.807, 2.05) is 0 Å². The summed E-state index contributed by atoms with van der Waals surface area (Å²) in [5.74, 6) is -2.52. The minimum absolute atomic E-state index is 0.0138. The molecule has 1 aliphatic rings. The number of nitrogens with two attached hydrogens (primary N) is 1. The maximum atomic E-state index is 13.6. The van der Waals surface area contributed by atoms with E-state index in [-0.39, 0.29) is 43.4 Å². The molecule has 0 aromatic carbocycles. The molecule has 0 spiro atoms. The second-order valence-electron chi connectivity index (χ2n) is 8.22. The molecule has 34 heavy (non-hydrogen) atoms. The summed E-state index contributed by atoms with van der Waals surface area (Å²) in [4.78, 5) is 55.9. The van der Waals surface area contributed by atoms with E-state index >= 15 is 0 Å². The lowest BCUT2D eigenvalue weighted by molar-refractivity contribution is -0.138. The number of rotatable bonds is 10. The Balaban J connectivity index is 1.85. The fourth-order valence-electron chi connectivity index (χ4n) is 3.53. The average Bonchev–Trinajstić information content (AvgIpc) is 3.46. The Morgan fingerprint density at radius 1 is 1.32 bits per heavy atom. The number of pyridine rings is 1. The smallest absolute Gasteiger partial charge is 0.303 e. The number of carboxylic acids is 1. The van der Waals surface area contributed by atoms with Crippen LogP contribution in [0.5, 0.6) is 0 Å². The third-order valence-corrected chi connectivity index (χ3v) is 5.45. The summed E-state index contributed by atoms with van der Waals surface area (Å²) in [6, 6.07) is 0.362. The number of carbonyl (C=O) groups is 4. The van der Waals surface area contributed by atoms with Crippen molar-refractivity contribution in [3.8, 4) is 0 Å². The van der Waals surface area contributed by atoms with Crippen molar-refractivity contribution in [2.45, 2.75) is 57.8 Å². The Kier molecular flexibility index (Phi) is 7.83. The van der Waals surface area contributed by atoms with Gasteiger partial charge in [0.25, 0.3) is 5.91 Å². The Morgan fingerprint density at radius 3 is 2.74 bits per heavy atom. The van der Waals surface area contributed by atoms with Crippen LogP contribution in [0.15, 0.2) is 18.3 Å². The number of hydrogen-bond donors (Lipinski definition) is 5. The normalized spacial score (nSPS) is 16.6. The predicted molar refractivity (Wildman–Crippen MR) is 117 cm³/mol. The first-order chi connectivity index (χ1) is 16.2. The van der Waals surface area contributed by atoms with Gasteiger partial charge in [-0.1, -0.05) is 25.1 Å². The molecule has 182 valence electrons. The lowest BCUT2D eigenvalue weighted by Gasteiger charge is -2.29. The molecule has 2 aromatic heterocycles. The Labute approximate surface area is 194 Å². The van der Waals surface area contributed by atoms with Crippen LogP contribution in [-0.4, -0.2) is 72.5 Å². The highest BCUT2D eigenvalue weighted by molar-refractivity contribution is 6.06. The number of tetrazole rings is 1. The minimum atomic E-state index is -1.21. The summed E-state index contributed by atoms with van der Waals surface area (Å²) in [7, 11) is 0. The molecule has 0 radical (unpaired) electrons. The number of aromatic nitrogens is 5. The molecule has 0 aliphatic carbocycles. The standard InChI is InChI=1S/C20H27N9O5/c1-10(2)16(21)19(33)24-12(5-6-15(30)31)20(34)29-13(8-11-4-3-7-22-17(11)29)18(32)23-9-14-25-27-28-26-14/h3-4,7,10,12-13,16H,5-6,8-9,21H2,1-2H3,(H,23,32)(H,24,33)(H,30,31)(H,25,26,27,28)/t12-,13-,16-/m0/s1. The highest BCUT2D eigenvalue weighted by Gasteiger charge is 2.42. The largest absolute Gasteiger partial charge is 0.481 e. The number of nitrogens with zero attached hydrogens (tertiary/aromatic N) is 5. The van der Waals surface area contributed by atoms with E-state index < -0.39 is 41.8 Å². The average molecular weight is 473 g/mol. The van der Waals surface area contributed by atoms with Crippen molar-refractivity contribution in [2.24, 2.45) is 11.7 Å². The molecule has 0 unspecified atom stereocenters. The number of nitrogens with one attached hydrogen (secondary N) is 3. The van der Waals surface area contributed by atoms with E-state index in [4.69, 9.17) is 10.8 Å². The number of fused-ring (bicyclic) bond motifs is 1. The summed E-state index contributed by atoms with van der Waals surface area (Å²) < 4.78 is 0. The molecule has 0 bridgehead atoms. The fourth-order valence-corrected chi connectivity index (χ4v) is 3.53. The van der Waals surface area contributed by atoms with E-state index in [0.717, 1.165) is 0 Å². The summed E-state index contributed by atoms with van der Waals surface area (Å²) in [5.41, 5.74) is 6.57. The molecule has 2 aromatic rings. The summed E-state index contributed by atoms with van der Waals surface area (Å²) >= 11 is 0. The fraction of sp³-hybridized carbons (Fsp3) is 0.500. The third kappa shape index (κ3) is 5.70. The second kappa shape index (κ2) is 10.8. The summed E-state index contributed by atoms with van der Waals surface area (Å²) in [6.07, 6.45) is 1.13. The van der Waals surface area contributed by atoms with Crippen molar-refractivity contribution in [1.29, 1.82) is 0 Å². The van der Waals surface area contributed by atoms with E-state index in [9.17, 15) is 19.2 Å². The number of amides is 3. The van der Waals surface area contributed by atoms with Crippen molar-refractivity contribution in [1.82, 2.24) is 36.2 Å². The lowest BCUT2D eigenvalue weighted by Crippen LogP contribution is -2.57. The molecule has 14 nitrogen and oxygen atoms in total. The van der Waals surface area contributed by atoms with Crippen LogP contribution < -0.4 is 21.3 Å². The van der Waals surface area contributed by atoms with Gasteiger partial charge in [-0.2, -0.15) is 5.21 Å². The van der Waals surface area contributed by atoms with E-state index in [2.05, 4.69) is 36.2 Å².